The molecule has 4 nitrogen and oxygen atoms in total. The van der Waals surface area contributed by atoms with Gasteiger partial charge in [0.2, 0.25) is 0 Å². The lowest BCUT2D eigenvalue weighted by Crippen LogP contribution is -2.00. The molecule has 0 spiro atoms. The third kappa shape index (κ3) is 3.96. The predicted octanol–water partition coefficient (Wildman–Crippen LogP) is 4.06. The van der Waals surface area contributed by atoms with Gasteiger partial charge in [0.05, 0.1) is 17.3 Å². The number of hydrogen-bond acceptors (Lipinski definition) is 5. The zero-order chi connectivity index (χ0) is 16.1. The molecule has 0 radical (unpaired) electrons. The zero-order valence-electron chi connectivity index (χ0n) is 12.6. The van der Waals surface area contributed by atoms with Gasteiger partial charge in [-0.25, -0.2) is 9.78 Å². The highest BCUT2D eigenvalue weighted by Gasteiger charge is 2.02. The summed E-state index contributed by atoms with van der Waals surface area (Å²) in [7, 11) is 1.61. The lowest BCUT2D eigenvalue weighted by atomic mass is 10.2. The highest BCUT2D eigenvalue weighted by Crippen LogP contribution is 2.22. The van der Waals surface area contributed by atoms with Crippen LogP contribution in [-0.4, -0.2) is 18.1 Å². The fourth-order valence-electron chi connectivity index (χ4n) is 2.02. The third-order valence-corrected chi connectivity index (χ3v) is 4.21. The van der Waals surface area contributed by atoms with Crippen LogP contribution in [0.15, 0.2) is 54.6 Å². The van der Waals surface area contributed by atoms with Crippen molar-refractivity contribution in [2.24, 2.45) is 0 Å². The summed E-state index contributed by atoms with van der Waals surface area (Å²) in [6.45, 7) is 0.229. The van der Waals surface area contributed by atoms with Crippen LogP contribution in [0.25, 0.3) is 16.3 Å². The minimum atomic E-state index is -0.389. The Bertz CT molecular complexity index is 804. The van der Waals surface area contributed by atoms with Gasteiger partial charge in [-0.3, -0.25) is 0 Å². The lowest BCUT2D eigenvalue weighted by Gasteiger charge is -2.03. The molecule has 0 atom stereocenters. The fourth-order valence-corrected chi connectivity index (χ4v) is 2.90. The molecular weight excluding hydrogens is 310 g/mol. The molecule has 23 heavy (non-hydrogen) atoms. The molecule has 0 amide bonds. The van der Waals surface area contributed by atoms with Crippen molar-refractivity contribution in [1.82, 2.24) is 4.98 Å². The molecule has 5 heteroatoms. The number of esters is 1. The van der Waals surface area contributed by atoms with Crippen molar-refractivity contribution < 1.29 is 14.3 Å². The van der Waals surface area contributed by atoms with Crippen LogP contribution in [0.1, 0.15) is 10.6 Å². The SMILES string of the molecule is COc1ccc(COC(=O)/C=C/c2nc3ccccc3s2)cc1. The number of thiazole rings is 1. The number of carbonyl (C=O) groups excluding carboxylic acids is 1. The molecule has 0 fully saturated rings. The van der Waals surface area contributed by atoms with Crippen LogP contribution in [-0.2, 0) is 16.1 Å². The van der Waals surface area contributed by atoms with Gasteiger partial charge in [-0.1, -0.05) is 24.3 Å². The van der Waals surface area contributed by atoms with Gasteiger partial charge in [-0.15, -0.1) is 11.3 Å². The fraction of sp³-hybridized carbons (Fsp3) is 0.111. The van der Waals surface area contributed by atoms with Crippen LogP contribution in [0.3, 0.4) is 0 Å². The van der Waals surface area contributed by atoms with Crippen LogP contribution in [0, 0.1) is 0 Å². The average Bonchev–Trinajstić information content (AvgIpc) is 3.01. The maximum Gasteiger partial charge on any atom is 0.331 e. The van der Waals surface area contributed by atoms with Crippen molar-refractivity contribution in [3.8, 4) is 5.75 Å². The lowest BCUT2D eigenvalue weighted by molar-refractivity contribution is -0.138. The second-order valence-electron chi connectivity index (χ2n) is 4.81. The number of rotatable bonds is 5. The number of aromatic nitrogens is 1. The van der Waals surface area contributed by atoms with Gasteiger partial charge in [0.15, 0.2) is 0 Å². The number of benzene rings is 2. The van der Waals surface area contributed by atoms with Gasteiger partial charge in [0.1, 0.15) is 17.4 Å². The van der Waals surface area contributed by atoms with Crippen molar-refractivity contribution in [2.45, 2.75) is 6.61 Å². The summed E-state index contributed by atoms with van der Waals surface area (Å²) in [5.74, 6) is 0.385. The van der Waals surface area contributed by atoms with E-state index >= 15 is 0 Å². The topological polar surface area (TPSA) is 48.4 Å². The smallest absolute Gasteiger partial charge is 0.331 e. The summed E-state index contributed by atoms with van der Waals surface area (Å²) >= 11 is 1.54. The summed E-state index contributed by atoms with van der Waals surface area (Å²) in [5, 5.41) is 0.785. The molecule has 1 heterocycles. The first-order valence-electron chi connectivity index (χ1n) is 7.08. The normalized spacial score (nSPS) is 11.0. The summed E-state index contributed by atoms with van der Waals surface area (Å²) in [4.78, 5) is 16.2. The van der Waals surface area contributed by atoms with Gasteiger partial charge in [0.25, 0.3) is 0 Å². The molecule has 3 aromatic rings. The summed E-state index contributed by atoms with van der Waals surface area (Å²) in [6.07, 6.45) is 3.09. The highest BCUT2D eigenvalue weighted by molar-refractivity contribution is 7.19. The number of methoxy groups -OCH3 is 1. The Hall–Kier alpha value is -2.66. The number of carbonyl (C=O) groups is 1. The predicted molar refractivity (Wildman–Crippen MR) is 91.4 cm³/mol. The van der Waals surface area contributed by atoms with Crippen molar-refractivity contribution in [3.05, 3.63) is 65.2 Å². The largest absolute Gasteiger partial charge is 0.497 e. The van der Waals surface area contributed by atoms with Crippen LogP contribution < -0.4 is 4.74 Å². The Labute approximate surface area is 138 Å². The first-order valence-corrected chi connectivity index (χ1v) is 7.89. The molecule has 116 valence electrons. The molecular formula is C18H15NO3S. The Morgan fingerprint density at radius 3 is 2.70 bits per heavy atom. The standard InChI is InChI=1S/C18H15NO3S/c1-21-14-8-6-13(7-9-14)12-22-18(20)11-10-17-19-15-4-2-3-5-16(15)23-17/h2-11H,12H2,1H3/b11-10+. The van der Waals surface area contributed by atoms with E-state index in [9.17, 15) is 4.79 Å². The van der Waals surface area contributed by atoms with E-state index in [1.807, 2.05) is 48.5 Å². The Morgan fingerprint density at radius 2 is 1.96 bits per heavy atom. The van der Waals surface area contributed by atoms with Crippen LogP contribution in [0.2, 0.25) is 0 Å². The van der Waals surface area contributed by atoms with Crippen molar-refractivity contribution in [3.63, 3.8) is 0 Å². The molecule has 0 aliphatic heterocycles. The maximum atomic E-state index is 11.8. The van der Waals surface area contributed by atoms with E-state index in [1.165, 1.54) is 17.4 Å². The zero-order valence-corrected chi connectivity index (χ0v) is 13.4. The second kappa shape index (κ2) is 7.07. The van der Waals surface area contributed by atoms with E-state index < -0.39 is 0 Å². The van der Waals surface area contributed by atoms with Gasteiger partial charge in [0, 0.05) is 6.08 Å². The van der Waals surface area contributed by atoms with Gasteiger partial charge >= 0.3 is 5.97 Å². The van der Waals surface area contributed by atoms with Crippen molar-refractivity contribution in [2.75, 3.05) is 7.11 Å². The quantitative estimate of drug-likeness (QED) is 0.524. The number of nitrogens with zero attached hydrogens (tertiary/aromatic N) is 1. The van der Waals surface area contributed by atoms with Gasteiger partial charge in [-0.05, 0) is 35.9 Å². The van der Waals surface area contributed by atoms with Crippen LogP contribution in [0.4, 0.5) is 0 Å². The molecule has 1 aromatic heterocycles. The summed E-state index contributed by atoms with van der Waals surface area (Å²) < 4.78 is 11.4. The highest BCUT2D eigenvalue weighted by atomic mass is 32.1. The van der Waals surface area contributed by atoms with Gasteiger partial charge in [-0.2, -0.15) is 0 Å². The Balaban J connectivity index is 1.57. The Kier molecular flexibility index (Phi) is 4.68. The molecule has 0 aliphatic carbocycles. The molecule has 2 aromatic carbocycles. The van der Waals surface area contributed by atoms with E-state index in [0.717, 1.165) is 26.5 Å². The number of hydrogen-bond donors (Lipinski definition) is 0. The van der Waals surface area contributed by atoms with Gasteiger partial charge < -0.3 is 9.47 Å². The van der Waals surface area contributed by atoms with E-state index in [-0.39, 0.29) is 12.6 Å². The van der Waals surface area contributed by atoms with Crippen LogP contribution >= 0.6 is 11.3 Å². The summed E-state index contributed by atoms with van der Waals surface area (Å²) in [5.41, 5.74) is 1.84. The third-order valence-electron chi connectivity index (χ3n) is 3.21. The molecule has 0 saturated carbocycles. The first kappa shape index (κ1) is 15.2. The van der Waals surface area contributed by atoms with Crippen molar-refractivity contribution in [1.29, 1.82) is 0 Å². The molecule has 0 N–H and O–H groups in total. The minimum absolute atomic E-state index is 0.229. The number of para-hydroxylation sites is 1. The minimum Gasteiger partial charge on any atom is -0.497 e. The van der Waals surface area contributed by atoms with Crippen LogP contribution in [0.5, 0.6) is 5.75 Å². The molecule has 0 aliphatic rings. The van der Waals surface area contributed by atoms with E-state index in [1.54, 1.807) is 13.2 Å². The average molecular weight is 325 g/mol. The monoisotopic (exact) mass is 325 g/mol. The molecule has 3 rings (SSSR count). The summed E-state index contributed by atoms with van der Waals surface area (Å²) in [6, 6.07) is 15.3. The van der Waals surface area contributed by atoms with E-state index in [2.05, 4.69) is 4.98 Å². The molecule has 0 unspecified atom stereocenters. The molecule has 0 saturated heterocycles. The first-order chi connectivity index (χ1) is 11.2. The van der Waals surface area contributed by atoms with E-state index in [4.69, 9.17) is 9.47 Å². The Morgan fingerprint density at radius 1 is 1.17 bits per heavy atom. The maximum absolute atomic E-state index is 11.8. The number of ether oxygens (including phenoxy) is 2. The van der Waals surface area contributed by atoms with Crippen molar-refractivity contribution >= 4 is 33.6 Å². The second-order valence-corrected chi connectivity index (χ2v) is 5.87. The number of fused-ring (bicyclic) bond motifs is 1. The molecule has 0 bridgehead atoms. The van der Waals surface area contributed by atoms with E-state index in [0.29, 0.717) is 0 Å².